The average Bonchev–Trinajstić information content (AvgIpc) is 2.48. The van der Waals surface area contributed by atoms with Crippen molar-refractivity contribution in [2.75, 3.05) is 39.3 Å². The van der Waals surface area contributed by atoms with Crippen LogP contribution in [0.2, 0.25) is 0 Å². The summed E-state index contributed by atoms with van der Waals surface area (Å²) >= 11 is 0. The summed E-state index contributed by atoms with van der Waals surface area (Å²) in [6, 6.07) is 9.57. The Morgan fingerprint density at radius 2 is 1.70 bits per heavy atom. The number of hydrogen-bond acceptors (Lipinski definition) is 3. The molecule has 0 bridgehead atoms. The first-order valence-electron chi connectivity index (χ1n) is 7.30. The Morgan fingerprint density at radius 1 is 1.15 bits per heavy atom. The van der Waals surface area contributed by atoms with Gasteiger partial charge >= 0.3 is 5.97 Å². The zero-order valence-electron chi connectivity index (χ0n) is 12.4. The van der Waals surface area contributed by atoms with Gasteiger partial charge in [-0.15, -0.1) is 0 Å². The van der Waals surface area contributed by atoms with E-state index in [0.29, 0.717) is 6.54 Å². The maximum absolute atomic E-state index is 11.8. The highest BCUT2D eigenvalue weighted by Crippen LogP contribution is 2.26. The van der Waals surface area contributed by atoms with Crippen LogP contribution in [0.25, 0.3) is 0 Å². The van der Waals surface area contributed by atoms with E-state index in [0.717, 1.165) is 38.3 Å². The lowest BCUT2D eigenvalue weighted by Gasteiger charge is -2.38. The Labute approximate surface area is 121 Å². The molecule has 20 heavy (non-hydrogen) atoms. The molecule has 1 aromatic carbocycles. The first-order valence-corrected chi connectivity index (χ1v) is 7.30. The van der Waals surface area contributed by atoms with Crippen LogP contribution in [0.5, 0.6) is 0 Å². The third kappa shape index (κ3) is 3.19. The van der Waals surface area contributed by atoms with Crippen LogP contribution in [0.15, 0.2) is 30.3 Å². The minimum atomic E-state index is -0.838. The molecular formula is C16H24N2O2. The molecule has 1 heterocycles. The number of likely N-dealkylation sites (N-methyl/N-ethyl adjacent to an activating group) is 1. The van der Waals surface area contributed by atoms with Crippen molar-refractivity contribution in [1.29, 1.82) is 0 Å². The van der Waals surface area contributed by atoms with Crippen molar-refractivity contribution in [2.45, 2.75) is 19.3 Å². The summed E-state index contributed by atoms with van der Waals surface area (Å²) in [5, 5.41) is 9.68. The number of carbonyl (C=O) groups is 1. The minimum absolute atomic E-state index is 0.573. The van der Waals surface area contributed by atoms with Crippen LogP contribution in [0.1, 0.15) is 19.4 Å². The SMILES string of the molecule is CCN1CCN(CC(C)(C(=O)O)c2ccccc2)CC1. The van der Waals surface area contributed by atoms with E-state index < -0.39 is 11.4 Å². The zero-order chi connectivity index (χ0) is 14.6. The van der Waals surface area contributed by atoms with Gasteiger partial charge in [-0.2, -0.15) is 0 Å². The molecule has 0 aliphatic carbocycles. The smallest absolute Gasteiger partial charge is 0.315 e. The van der Waals surface area contributed by atoms with E-state index in [1.165, 1.54) is 0 Å². The second-order valence-corrected chi connectivity index (χ2v) is 5.71. The van der Waals surface area contributed by atoms with Gasteiger partial charge in [0.25, 0.3) is 0 Å². The molecule has 1 aromatic rings. The Morgan fingerprint density at radius 3 is 2.20 bits per heavy atom. The van der Waals surface area contributed by atoms with Crippen LogP contribution in [0.4, 0.5) is 0 Å². The monoisotopic (exact) mass is 276 g/mol. The quantitative estimate of drug-likeness (QED) is 0.888. The number of rotatable bonds is 5. The van der Waals surface area contributed by atoms with Crippen LogP contribution in [-0.2, 0) is 10.2 Å². The molecule has 1 aliphatic rings. The Hall–Kier alpha value is -1.39. The molecule has 1 N–H and O–H groups in total. The lowest BCUT2D eigenvalue weighted by atomic mass is 9.82. The highest BCUT2D eigenvalue weighted by atomic mass is 16.4. The lowest BCUT2D eigenvalue weighted by Crippen LogP contribution is -2.52. The highest BCUT2D eigenvalue weighted by Gasteiger charge is 2.37. The number of carboxylic acid groups (broad SMARTS) is 1. The van der Waals surface area contributed by atoms with E-state index in [4.69, 9.17) is 0 Å². The van der Waals surface area contributed by atoms with Gasteiger partial charge in [0.05, 0.1) is 0 Å². The normalized spacial score (nSPS) is 20.5. The summed E-state index contributed by atoms with van der Waals surface area (Å²) in [7, 11) is 0. The van der Waals surface area contributed by atoms with Crippen LogP contribution in [-0.4, -0.2) is 60.1 Å². The van der Waals surface area contributed by atoms with E-state index in [2.05, 4.69) is 16.7 Å². The molecule has 1 aliphatic heterocycles. The van der Waals surface area contributed by atoms with Gasteiger partial charge in [0.2, 0.25) is 0 Å². The van der Waals surface area contributed by atoms with Gasteiger partial charge in [0, 0.05) is 32.7 Å². The molecule has 1 saturated heterocycles. The van der Waals surface area contributed by atoms with Crippen LogP contribution in [0.3, 0.4) is 0 Å². The fourth-order valence-corrected chi connectivity index (χ4v) is 2.80. The molecule has 2 rings (SSSR count). The van der Waals surface area contributed by atoms with Gasteiger partial charge in [-0.1, -0.05) is 37.3 Å². The Kier molecular flexibility index (Phi) is 4.78. The maximum Gasteiger partial charge on any atom is 0.315 e. The average molecular weight is 276 g/mol. The molecule has 1 fully saturated rings. The van der Waals surface area contributed by atoms with Crippen molar-refractivity contribution < 1.29 is 9.90 Å². The first-order chi connectivity index (χ1) is 9.56. The lowest BCUT2D eigenvalue weighted by molar-refractivity contribution is -0.144. The second kappa shape index (κ2) is 6.37. The molecular weight excluding hydrogens is 252 g/mol. The van der Waals surface area contributed by atoms with Crippen molar-refractivity contribution in [1.82, 2.24) is 9.80 Å². The van der Waals surface area contributed by atoms with Crippen LogP contribution < -0.4 is 0 Å². The second-order valence-electron chi connectivity index (χ2n) is 5.71. The Bertz CT molecular complexity index is 441. The molecule has 1 unspecified atom stereocenters. The molecule has 110 valence electrons. The molecule has 0 radical (unpaired) electrons. The van der Waals surface area contributed by atoms with Crippen molar-refractivity contribution >= 4 is 5.97 Å². The summed E-state index contributed by atoms with van der Waals surface area (Å²) in [6.45, 7) is 9.60. The number of nitrogens with zero attached hydrogens (tertiary/aromatic N) is 2. The Balaban J connectivity index is 2.09. The maximum atomic E-state index is 11.8. The summed E-state index contributed by atoms with van der Waals surface area (Å²) in [6.07, 6.45) is 0. The third-order valence-electron chi connectivity index (χ3n) is 4.33. The summed E-state index contributed by atoms with van der Waals surface area (Å²) in [5.41, 5.74) is 0.0424. The van der Waals surface area contributed by atoms with E-state index in [9.17, 15) is 9.90 Å². The van der Waals surface area contributed by atoms with E-state index in [-0.39, 0.29) is 0 Å². The topological polar surface area (TPSA) is 43.8 Å². The number of carboxylic acids is 1. The van der Waals surface area contributed by atoms with Crippen molar-refractivity contribution in [3.63, 3.8) is 0 Å². The molecule has 0 saturated carbocycles. The molecule has 0 aromatic heterocycles. The predicted molar refractivity (Wildman–Crippen MR) is 80.0 cm³/mol. The predicted octanol–water partition coefficient (Wildman–Crippen LogP) is 1.67. The number of aliphatic carboxylic acids is 1. The largest absolute Gasteiger partial charge is 0.481 e. The van der Waals surface area contributed by atoms with Crippen molar-refractivity contribution in [3.05, 3.63) is 35.9 Å². The van der Waals surface area contributed by atoms with Gasteiger partial charge in [-0.25, -0.2) is 0 Å². The van der Waals surface area contributed by atoms with Gasteiger partial charge in [-0.3, -0.25) is 9.69 Å². The third-order valence-corrected chi connectivity index (χ3v) is 4.33. The van der Waals surface area contributed by atoms with Gasteiger partial charge < -0.3 is 10.0 Å². The minimum Gasteiger partial charge on any atom is -0.481 e. The van der Waals surface area contributed by atoms with Gasteiger partial charge in [0.15, 0.2) is 0 Å². The standard InChI is InChI=1S/C16H24N2O2/c1-3-17-9-11-18(12-10-17)13-16(2,15(19)20)14-7-5-4-6-8-14/h4-8H,3,9-13H2,1-2H3,(H,19,20). The zero-order valence-corrected chi connectivity index (χ0v) is 12.4. The number of piperazine rings is 1. The fraction of sp³-hybridized carbons (Fsp3) is 0.562. The summed E-state index contributed by atoms with van der Waals surface area (Å²) in [5.74, 6) is -0.748. The van der Waals surface area contributed by atoms with Crippen LogP contribution >= 0.6 is 0 Å². The molecule has 0 spiro atoms. The summed E-state index contributed by atoms with van der Waals surface area (Å²) < 4.78 is 0. The molecule has 1 atom stereocenters. The van der Waals surface area contributed by atoms with Crippen molar-refractivity contribution in [3.8, 4) is 0 Å². The highest BCUT2D eigenvalue weighted by molar-refractivity contribution is 5.81. The summed E-state index contributed by atoms with van der Waals surface area (Å²) in [4.78, 5) is 16.4. The number of benzene rings is 1. The fourth-order valence-electron chi connectivity index (χ4n) is 2.80. The molecule has 0 amide bonds. The first kappa shape index (κ1) is 15.0. The number of hydrogen-bond donors (Lipinski definition) is 1. The van der Waals surface area contributed by atoms with Crippen molar-refractivity contribution in [2.24, 2.45) is 0 Å². The van der Waals surface area contributed by atoms with Crippen LogP contribution in [0, 0.1) is 0 Å². The van der Waals surface area contributed by atoms with E-state index >= 15 is 0 Å². The van der Waals surface area contributed by atoms with Gasteiger partial charge in [-0.05, 0) is 19.0 Å². The van der Waals surface area contributed by atoms with Gasteiger partial charge in [0.1, 0.15) is 5.41 Å². The molecule has 4 heteroatoms. The molecule has 4 nitrogen and oxygen atoms in total. The van der Waals surface area contributed by atoms with E-state index in [1.54, 1.807) is 0 Å². The van der Waals surface area contributed by atoms with E-state index in [1.807, 2.05) is 37.3 Å².